The Hall–Kier alpha value is -13.6. The minimum atomic E-state index is -3.30. The number of carbonyl (C=O) groups excluding carboxylic acids is 3. The number of methoxy groups -OCH3 is 3. The maximum Gasteiger partial charge on any atom is 0.338 e. The number of rotatable bonds is 16. The first-order valence-corrected chi connectivity index (χ1v) is 35.4. The second-order valence-electron chi connectivity index (χ2n) is 24.5. The van der Waals surface area contributed by atoms with Gasteiger partial charge >= 0.3 is 17.9 Å². The van der Waals surface area contributed by atoms with Crippen molar-refractivity contribution in [1.82, 2.24) is 0 Å². The van der Waals surface area contributed by atoms with E-state index in [2.05, 4.69) is 199 Å². The smallest absolute Gasteiger partial charge is 0.338 e. The second kappa shape index (κ2) is 30.7. The molecule has 0 aliphatic rings. The number of hydrogen-bond acceptors (Lipinski definition) is 9. The van der Waals surface area contributed by atoms with Gasteiger partial charge in [0.05, 0.1) is 38.0 Å². The molecular weight excluding hydrogens is 1290 g/mol. The quantitative estimate of drug-likeness (QED) is 0.0233. The fraction of sp³-hybridized carbons (Fsp3) is 0.0645. The van der Waals surface area contributed by atoms with Crippen molar-refractivity contribution in [3.63, 3.8) is 0 Å². The maximum atomic E-state index is 13.1. The maximum absolute atomic E-state index is 13.1. The highest BCUT2D eigenvalue weighted by Crippen LogP contribution is 2.36. The zero-order valence-electron chi connectivity index (χ0n) is 56.6. The first-order chi connectivity index (χ1) is 50.5. The van der Waals surface area contributed by atoms with Crippen LogP contribution in [0.4, 0.5) is 0 Å². The summed E-state index contributed by atoms with van der Waals surface area (Å²) >= 11 is 0. The lowest BCUT2D eigenvalue weighted by Gasteiger charge is -2.34. The average molecular weight is 1350 g/mol. The Kier molecular flexibility index (Phi) is 19.8. The van der Waals surface area contributed by atoms with E-state index in [0.717, 1.165) is 105 Å². The van der Waals surface area contributed by atoms with Gasteiger partial charge in [0.2, 0.25) is 0 Å². The third-order valence-corrected chi connectivity index (χ3v) is 22.9. The van der Waals surface area contributed by atoms with Gasteiger partial charge in [-0.3, -0.25) is 0 Å². The minimum Gasteiger partial charge on any atom is -0.497 e. The zero-order chi connectivity index (χ0) is 70.5. The van der Waals surface area contributed by atoms with E-state index < -0.39 is 26.0 Å². The summed E-state index contributed by atoms with van der Waals surface area (Å²) < 4.78 is 32.6. The highest BCUT2D eigenvalue weighted by molar-refractivity contribution is 7.19. The largest absolute Gasteiger partial charge is 0.497 e. The van der Waals surface area contributed by atoms with Gasteiger partial charge in [0.25, 0.3) is 0 Å². The highest BCUT2D eigenvalue weighted by Gasteiger charge is 2.41. The Morgan fingerprint density at radius 3 is 0.835 bits per heavy atom. The van der Waals surface area contributed by atoms with E-state index in [-0.39, 0.29) is 19.8 Å². The van der Waals surface area contributed by atoms with E-state index in [0.29, 0.717) is 16.7 Å². The van der Waals surface area contributed by atoms with Crippen LogP contribution in [0.3, 0.4) is 0 Å². The number of ether oxygens (including phenoxy) is 6. The van der Waals surface area contributed by atoms with Gasteiger partial charge < -0.3 is 28.4 Å². The Bertz CT molecular complexity index is 5270. The Morgan fingerprint density at radius 1 is 0.272 bits per heavy atom. The molecule has 0 aliphatic heterocycles. The topological polar surface area (TPSA) is 107 Å². The predicted octanol–water partition coefficient (Wildman–Crippen LogP) is 15.7. The molecule has 0 atom stereocenters. The van der Waals surface area contributed by atoms with E-state index in [1.807, 2.05) is 109 Å². The molecule has 0 bridgehead atoms. The van der Waals surface area contributed by atoms with Gasteiger partial charge in [0.15, 0.2) is 8.07 Å². The predicted molar refractivity (Wildman–Crippen MR) is 410 cm³/mol. The third-order valence-electron chi connectivity index (χ3n) is 18.1. The number of carbonyl (C=O) groups is 3. The van der Waals surface area contributed by atoms with Gasteiger partial charge in [0.1, 0.15) is 37.1 Å². The summed E-state index contributed by atoms with van der Waals surface area (Å²) in [5.41, 5.74) is 10.3. The molecule has 0 aromatic heterocycles. The van der Waals surface area contributed by atoms with E-state index in [9.17, 15) is 14.4 Å². The van der Waals surface area contributed by atoms with Gasteiger partial charge in [0, 0.05) is 44.5 Å². The SMILES string of the molecule is COc1ccc(COC(=O)c2ccc(C#Cc3ccc([Si](c4ccc(C#Cc5ccc(C(=O)OCc6ccc(OC)cc6)cc5)cc4)(c4ccc(C#Cc5ccc(C(=O)OCc6ccc(OC)cc6)cc5)cc4)c4ccc(C#Cc5ccc6ccc7cccc8ccc5c6c78)cc4)cc3)cc2)cc1. The summed E-state index contributed by atoms with van der Waals surface area (Å²) in [6.07, 6.45) is 0. The fourth-order valence-electron chi connectivity index (χ4n) is 12.6. The van der Waals surface area contributed by atoms with Gasteiger partial charge in [-0.2, -0.15) is 0 Å². The van der Waals surface area contributed by atoms with Crippen LogP contribution in [0.15, 0.2) is 297 Å². The first-order valence-electron chi connectivity index (χ1n) is 33.4. The van der Waals surface area contributed by atoms with E-state index >= 15 is 0 Å². The molecule has 14 rings (SSSR count). The van der Waals surface area contributed by atoms with Crippen LogP contribution in [0.5, 0.6) is 17.2 Å². The minimum absolute atomic E-state index is 0.133. The summed E-state index contributed by atoms with van der Waals surface area (Å²) in [5.74, 6) is 28.1. The van der Waals surface area contributed by atoms with Crippen molar-refractivity contribution in [3.05, 3.63) is 375 Å². The van der Waals surface area contributed by atoms with Crippen LogP contribution in [-0.4, -0.2) is 47.3 Å². The van der Waals surface area contributed by atoms with Gasteiger partial charge in [-0.15, -0.1) is 0 Å². The van der Waals surface area contributed by atoms with E-state index in [1.54, 1.807) is 57.7 Å². The molecule has 103 heavy (non-hydrogen) atoms. The van der Waals surface area contributed by atoms with Crippen LogP contribution in [0.1, 0.15) is 92.3 Å². The molecule has 14 aromatic rings. The van der Waals surface area contributed by atoms with E-state index in [4.69, 9.17) is 28.4 Å². The van der Waals surface area contributed by atoms with Crippen LogP contribution in [0.2, 0.25) is 0 Å². The molecule has 9 nitrogen and oxygen atoms in total. The van der Waals surface area contributed by atoms with Crippen molar-refractivity contribution >= 4 is 79.0 Å². The van der Waals surface area contributed by atoms with Crippen molar-refractivity contribution in [2.24, 2.45) is 0 Å². The summed E-state index contributed by atoms with van der Waals surface area (Å²) in [4.78, 5) is 39.3. The number of esters is 3. The summed E-state index contributed by atoms with van der Waals surface area (Å²) in [5, 5.41) is 11.6. The van der Waals surface area contributed by atoms with Crippen LogP contribution in [0.25, 0.3) is 32.3 Å². The standard InChI is InChI=1S/C93H64O9Si/c1-97-81-46-20-71(21-47-81)61-100-91(94)78-35-14-64(15-36-78)7-10-67-26-52-84(53-27-67)103(85-54-28-68(29-55-85)11-8-65-16-37-79(38-17-65)92(95)101-62-72-22-48-82(98-2)49-23-72,86-56-30-69(31-57-86)12-9-66-18-39-80(40-19-66)93(96)102-63-73-24-50-83(99-3)51-25-73)87-58-32-70(33-59-87)13-34-74-41-42-77-44-43-75-5-4-6-76-45-60-88(74)90(77)89(75)76/h4-6,14-33,35-60H,61-63H2,1-3H3. The molecular formula is C93H64O9Si. The Balaban J connectivity index is 0.795. The Morgan fingerprint density at radius 2 is 0.534 bits per heavy atom. The van der Waals surface area contributed by atoms with Crippen molar-refractivity contribution < 1.29 is 42.8 Å². The molecule has 0 amide bonds. The molecule has 494 valence electrons. The molecule has 0 radical (unpaired) electrons. The van der Waals surface area contributed by atoms with Crippen LogP contribution in [0, 0.1) is 47.4 Å². The van der Waals surface area contributed by atoms with Crippen molar-refractivity contribution in [2.75, 3.05) is 21.3 Å². The van der Waals surface area contributed by atoms with Gasteiger partial charge in [-0.25, -0.2) is 14.4 Å². The third kappa shape index (κ3) is 15.2. The Labute approximate surface area is 599 Å². The van der Waals surface area contributed by atoms with Crippen LogP contribution in [-0.2, 0) is 34.0 Å². The van der Waals surface area contributed by atoms with Crippen LogP contribution >= 0.6 is 0 Å². The molecule has 10 heteroatoms. The number of benzene rings is 14. The molecule has 0 saturated heterocycles. The fourth-order valence-corrected chi connectivity index (χ4v) is 17.2. The highest BCUT2D eigenvalue weighted by atomic mass is 28.3. The molecule has 0 unspecified atom stereocenters. The molecule has 0 aliphatic carbocycles. The van der Waals surface area contributed by atoms with Gasteiger partial charge in [-0.05, 0) is 234 Å². The molecule has 0 saturated carbocycles. The first kappa shape index (κ1) is 66.6. The molecule has 14 aromatic carbocycles. The monoisotopic (exact) mass is 1350 g/mol. The second-order valence-corrected chi connectivity index (χ2v) is 28.3. The summed E-state index contributed by atoms with van der Waals surface area (Å²) in [7, 11) is 1.52. The molecule has 0 heterocycles. The molecule has 0 N–H and O–H groups in total. The summed E-state index contributed by atoms with van der Waals surface area (Å²) in [6, 6.07) is 97.3. The lowest BCUT2D eigenvalue weighted by molar-refractivity contribution is 0.0464. The lowest BCUT2D eigenvalue weighted by atomic mass is 9.92. The normalized spacial score (nSPS) is 10.8. The lowest BCUT2D eigenvalue weighted by Crippen LogP contribution is -2.74. The molecule has 0 spiro atoms. The number of hydrogen-bond donors (Lipinski definition) is 0. The van der Waals surface area contributed by atoms with Crippen molar-refractivity contribution in [2.45, 2.75) is 19.8 Å². The van der Waals surface area contributed by atoms with Gasteiger partial charge in [-0.1, -0.05) is 181 Å². The van der Waals surface area contributed by atoms with Crippen molar-refractivity contribution in [3.8, 4) is 64.6 Å². The zero-order valence-corrected chi connectivity index (χ0v) is 57.6. The van der Waals surface area contributed by atoms with Crippen molar-refractivity contribution in [1.29, 1.82) is 0 Å². The molecule has 0 fully saturated rings. The van der Waals surface area contributed by atoms with Crippen LogP contribution < -0.4 is 35.0 Å². The summed E-state index contributed by atoms with van der Waals surface area (Å²) in [6.45, 7) is 0.400. The van der Waals surface area contributed by atoms with E-state index in [1.165, 1.54) is 26.9 Å². The average Bonchev–Trinajstić information content (AvgIpc) is 0.742.